The molecule has 0 aliphatic rings. The van der Waals surface area contributed by atoms with Crippen molar-refractivity contribution in [3.05, 3.63) is 30.1 Å². The lowest BCUT2D eigenvalue weighted by Gasteiger charge is -2.28. The standard InChI is InChI=1S/C15H28NO3Si/c1-5-17-20(18-6-2,19-7-3)13-9-12-16-11-8-10-15(4)14-16/h8,10-11,14H,5-7,9,12-13H2,1-4H3/q+1. The molecule has 0 spiro atoms. The van der Waals surface area contributed by atoms with Crippen molar-refractivity contribution in [1.82, 2.24) is 0 Å². The summed E-state index contributed by atoms with van der Waals surface area (Å²) in [5.74, 6) is 0. The topological polar surface area (TPSA) is 31.6 Å². The molecule has 0 aliphatic heterocycles. The van der Waals surface area contributed by atoms with Crippen LogP contribution in [-0.2, 0) is 19.8 Å². The molecule has 0 N–H and O–H groups in total. The number of aromatic nitrogens is 1. The van der Waals surface area contributed by atoms with E-state index in [0.717, 1.165) is 19.0 Å². The summed E-state index contributed by atoms with van der Waals surface area (Å²) in [6.07, 6.45) is 5.25. The van der Waals surface area contributed by atoms with Crippen LogP contribution in [0, 0.1) is 6.92 Å². The lowest BCUT2D eigenvalue weighted by Crippen LogP contribution is -2.46. The van der Waals surface area contributed by atoms with E-state index in [4.69, 9.17) is 13.3 Å². The van der Waals surface area contributed by atoms with Crippen LogP contribution in [-0.4, -0.2) is 28.6 Å². The molecule has 0 fully saturated rings. The molecule has 0 saturated carbocycles. The predicted octanol–water partition coefficient (Wildman–Crippen LogP) is 2.72. The number of pyridine rings is 1. The molecule has 1 aromatic rings. The molecule has 0 saturated heterocycles. The van der Waals surface area contributed by atoms with Gasteiger partial charge < -0.3 is 13.3 Å². The summed E-state index contributed by atoms with van der Waals surface area (Å²) in [7, 11) is -2.48. The quantitative estimate of drug-likeness (QED) is 0.492. The van der Waals surface area contributed by atoms with E-state index in [1.165, 1.54) is 5.56 Å². The van der Waals surface area contributed by atoms with Crippen molar-refractivity contribution in [1.29, 1.82) is 0 Å². The number of nitrogens with zero attached hydrogens (tertiary/aromatic N) is 1. The third-order valence-electron chi connectivity index (χ3n) is 3.00. The highest BCUT2D eigenvalue weighted by Gasteiger charge is 2.40. The smallest absolute Gasteiger partial charge is 0.374 e. The first-order valence-corrected chi connectivity index (χ1v) is 9.46. The van der Waals surface area contributed by atoms with Crippen LogP contribution in [0.25, 0.3) is 0 Å². The van der Waals surface area contributed by atoms with Crippen molar-refractivity contribution in [2.45, 2.75) is 46.7 Å². The summed E-state index contributed by atoms with van der Waals surface area (Å²) in [6, 6.07) is 5.05. The fraction of sp³-hybridized carbons (Fsp3) is 0.667. The maximum absolute atomic E-state index is 5.86. The van der Waals surface area contributed by atoms with Gasteiger partial charge in [0.1, 0.15) is 6.54 Å². The van der Waals surface area contributed by atoms with Gasteiger partial charge in [0, 0.05) is 43.9 Å². The Kier molecular flexibility index (Phi) is 7.99. The first-order chi connectivity index (χ1) is 9.65. The molecule has 0 bridgehead atoms. The Morgan fingerprint density at radius 3 is 2.15 bits per heavy atom. The van der Waals surface area contributed by atoms with Crippen molar-refractivity contribution in [2.75, 3.05) is 19.8 Å². The highest BCUT2D eigenvalue weighted by atomic mass is 28.4. The highest BCUT2D eigenvalue weighted by molar-refractivity contribution is 6.60. The summed E-state index contributed by atoms with van der Waals surface area (Å²) < 4.78 is 19.8. The molecule has 0 radical (unpaired) electrons. The molecule has 1 aromatic heterocycles. The van der Waals surface area contributed by atoms with Gasteiger partial charge in [0.05, 0.1) is 0 Å². The van der Waals surface area contributed by atoms with Crippen molar-refractivity contribution < 1.29 is 17.8 Å². The predicted molar refractivity (Wildman–Crippen MR) is 81.4 cm³/mol. The Balaban J connectivity index is 2.56. The molecule has 1 rings (SSSR count). The zero-order valence-corrected chi connectivity index (χ0v) is 14.2. The Hall–Kier alpha value is -0.753. The van der Waals surface area contributed by atoms with Crippen LogP contribution in [0.1, 0.15) is 32.8 Å². The molecule has 0 aromatic carbocycles. The second-order valence-corrected chi connectivity index (χ2v) is 7.44. The summed E-state index contributed by atoms with van der Waals surface area (Å²) >= 11 is 0. The number of aryl methyl sites for hydroxylation is 2. The minimum Gasteiger partial charge on any atom is -0.374 e. The van der Waals surface area contributed by atoms with E-state index in [9.17, 15) is 0 Å². The van der Waals surface area contributed by atoms with Crippen LogP contribution in [0.3, 0.4) is 0 Å². The van der Waals surface area contributed by atoms with E-state index in [2.05, 4.69) is 36.0 Å². The fourth-order valence-electron chi connectivity index (χ4n) is 2.27. The fourth-order valence-corrected chi connectivity index (χ4v) is 4.87. The van der Waals surface area contributed by atoms with Gasteiger partial charge in [0.25, 0.3) is 0 Å². The molecular weight excluding hydrogens is 270 g/mol. The average molecular weight is 298 g/mol. The summed E-state index contributed by atoms with van der Waals surface area (Å²) in [6.45, 7) is 11.0. The SMILES string of the molecule is CCO[Si](CCC[n+]1cccc(C)c1)(OCC)OCC. The molecule has 0 unspecified atom stereocenters. The van der Waals surface area contributed by atoms with Crippen LogP contribution in [0.5, 0.6) is 0 Å². The van der Waals surface area contributed by atoms with Crippen molar-refractivity contribution in [3.8, 4) is 0 Å². The van der Waals surface area contributed by atoms with E-state index in [-0.39, 0.29) is 0 Å². The van der Waals surface area contributed by atoms with Crippen LogP contribution < -0.4 is 4.57 Å². The largest absolute Gasteiger partial charge is 0.501 e. The van der Waals surface area contributed by atoms with Gasteiger partial charge in [-0.25, -0.2) is 4.57 Å². The Morgan fingerprint density at radius 1 is 1.05 bits per heavy atom. The number of hydrogen-bond donors (Lipinski definition) is 0. The van der Waals surface area contributed by atoms with E-state index >= 15 is 0 Å². The number of rotatable bonds is 10. The average Bonchev–Trinajstić information content (AvgIpc) is 2.40. The van der Waals surface area contributed by atoms with Gasteiger partial charge in [0.15, 0.2) is 12.4 Å². The molecule has 4 nitrogen and oxygen atoms in total. The lowest BCUT2D eigenvalue weighted by molar-refractivity contribution is -0.697. The molecule has 0 aliphatic carbocycles. The van der Waals surface area contributed by atoms with Gasteiger partial charge in [-0.2, -0.15) is 0 Å². The number of hydrogen-bond acceptors (Lipinski definition) is 3. The van der Waals surface area contributed by atoms with Crippen LogP contribution in [0.4, 0.5) is 0 Å². The van der Waals surface area contributed by atoms with Crippen molar-refractivity contribution >= 4 is 8.80 Å². The van der Waals surface area contributed by atoms with Gasteiger partial charge in [0.2, 0.25) is 0 Å². The molecule has 0 amide bonds. The van der Waals surface area contributed by atoms with Gasteiger partial charge in [-0.05, 0) is 33.8 Å². The Labute approximate surface area is 124 Å². The second-order valence-electron chi connectivity index (χ2n) is 4.70. The van der Waals surface area contributed by atoms with Gasteiger partial charge >= 0.3 is 8.80 Å². The second kappa shape index (κ2) is 9.23. The first kappa shape index (κ1) is 17.3. The summed E-state index contributed by atoms with van der Waals surface area (Å²) in [5, 5.41) is 0. The Morgan fingerprint density at radius 2 is 1.65 bits per heavy atom. The normalized spacial score (nSPS) is 11.8. The highest BCUT2D eigenvalue weighted by Crippen LogP contribution is 2.18. The first-order valence-electron chi connectivity index (χ1n) is 7.53. The van der Waals surface area contributed by atoms with Crippen molar-refractivity contribution in [2.24, 2.45) is 0 Å². The minimum absolute atomic E-state index is 0.643. The van der Waals surface area contributed by atoms with E-state index in [0.29, 0.717) is 19.8 Å². The summed E-state index contributed by atoms with van der Waals surface area (Å²) in [4.78, 5) is 0. The van der Waals surface area contributed by atoms with Gasteiger partial charge in [-0.3, -0.25) is 0 Å². The van der Waals surface area contributed by atoms with E-state index in [1.807, 2.05) is 20.8 Å². The van der Waals surface area contributed by atoms with Crippen molar-refractivity contribution in [3.63, 3.8) is 0 Å². The van der Waals surface area contributed by atoms with Crippen LogP contribution in [0.15, 0.2) is 24.5 Å². The van der Waals surface area contributed by atoms with E-state index < -0.39 is 8.80 Å². The molecule has 20 heavy (non-hydrogen) atoms. The lowest BCUT2D eigenvalue weighted by atomic mass is 10.3. The van der Waals surface area contributed by atoms with Crippen LogP contribution >= 0.6 is 0 Å². The Bertz CT molecular complexity index is 370. The maximum atomic E-state index is 5.86. The van der Waals surface area contributed by atoms with E-state index in [1.54, 1.807) is 0 Å². The minimum atomic E-state index is -2.48. The third kappa shape index (κ3) is 5.71. The van der Waals surface area contributed by atoms with Gasteiger partial charge in [-0.1, -0.05) is 0 Å². The molecule has 0 atom stereocenters. The monoisotopic (exact) mass is 298 g/mol. The summed E-state index contributed by atoms with van der Waals surface area (Å²) in [5.41, 5.74) is 1.27. The molecule has 1 heterocycles. The maximum Gasteiger partial charge on any atom is 0.501 e. The third-order valence-corrected chi connectivity index (χ3v) is 6.15. The molecule has 5 heteroatoms. The zero-order chi connectivity index (χ0) is 14.8. The van der Waals surface area contributed by atoms with Gasteiger partial charge in [-0.15, -0.1) is 0 Å². The molecule has 114 valence electrons. The van der Waals surface area contributed by atoms with Crippen LogP contribution in [0.2, 0.25) is 6.04 Å². The zero-order valence-electron chi connectivity index (χ0n) is 13.2. The molecular formula is C15H28NO3Si+.